The SMILES string of the molecule is CC1CCC(N2CCN[C@@H](C)C2)CC1. The van der Waals surface area contributed by atoms with Crippen LogP contribution >= 0.6 is 0 Å². The molecular weight excluding hydrogens is 172 g/mol. The van der Waals surface area contributed by atoms with Gasteiger partial charge in [0.2, 0.25) is 0 Å². The fraction of sp³-hybridized carbons (Fsp3) is 1.00. The Kier molecular flexibility index (Phi) is 3.45. The maximum atomic E-state index is 3.52. The van der Waals surface area contributed by atoms with Crippen LogP contribution in [0.5, 0.6) is 0 Å². The Labute approximate surface area is 88.1 Å². The zero-order chi connectivity index (χ0) is 9.97. The summed E-state index contributed by atoms with van der Waals surface area (Å²) in [7, 11) is 0. The van der Waals surface area contributed by atoms with Crippen LogP contribution in [-0.2, 0) is 0 Å². The number of hydrogen-bond donors (Lipinski definition) is 1. The summed E-state index contributed by atoms with van der Waals surface area (Å²) < 4.78 is 0. The Morgan fingerprint density at radius 1 is 1.07 bits per heavy atom. The molecule has 1 heterocycles. The molecule has 14 heavy (non-hydrogen) atoms. The van der Waals surface area contributed by atoms with Gasteiger partial charge < -0.3 is 5.32 Å². The second-order valence-corrected chi connectivity index (χ2v) is 5.26. The Hall–Kier alpha value is -0.0800. The van der Waals surface area contributed by atoms with E-state index in [0.717, 1.165) is 12.0 Å². The lowest BCUT2D eigenvalue weighted by Crippen LogP contribution is -2.53. The molecule has 2 rings (SSSR count). The molecule has 2 fully saturated rings. The molecule has 1 saturated carbocycles. The van der Waals surface area contributed by atoms with Crippen LogP contribution in [0.25, 0.3) is 0 Å². The van der Waals surface area contributed by atoms with E-state index in [-0.39, 0.29) is 0 Å². The molecule has 0 spiro atoms. The summed E-state index contributed by atoms with van der Waals surface area (Å²) in [5, 5.41) is 3.52. The van der Waals surface area contributed by atoms with Gasteiger partial charge >= 0.3 is 0 Å². The van der Waals surface area contributed by atoms with Crippen LogP contribution in [0.3, 0.4) is 0 Å². The van der Waals surface area contributed by atoms with Crippen LogP contribution in [0.2, 0.25) is 0 Å². The van der Waals surface area contributed by atoms with Crippen molar-refractivity contribution in [3.63, 3.8) is 0 Å². The average molecular weight is 196 g/mol. The van der Waals surface area contributed by atoms with E-state index in [2.05, 4.69) is 24.1 Å². The fourth-order valence-corrected chi connectivity index (χ4v) is 2.90. The minimum atomic E-state index is 0.697. The summed E-state index contributed by atoms with van der Waals surface area (Å²) in [4.78, 5) is 2.72. The molecular formula is C12H24N2. The van der Waals surface area contributed by atoms with Gasteiger partial charge in [0.15, 0.2) is 0 Å². The van der Waals surface area contributed by atoms with Crippen molar-refractivity contribution in [2.75, 3.05) is 19.6 Å². The molecule has 0 unspecified atom stereocenters. The van der Waals surface area contributed by atoms with Crippen molar-refractivity contribution in [3.05, 3.63) is 0 Å². The van der Waals surface area contributed by atoms with Crippen molar-refractivity contribution >= 4 is 0 Å². The van der Waals surface area contributed by atoms with Gasteiger partial charge in [-0.1, -0.05) is 6.92 Å². The topological polar surface area (TPSA) is 15.3 Å². The molecule has 1 saturated heterocycles. The van der Waals surface area contributed by atoms with Crippen molar-refractivity contribution in [1.82, 2.24) is 10.2 Å². The summed E-state index contributed by atoms with van der Waals surface area (Å²) in [6.07, 6.45) is 5.77. The molecule has 2 nitrogen and oxygen atoms in total. The zero-order valence-electron chi connectivity index (χ0n) is 9.63. The second kappa shape index (κ2) is 4.63. The fourth-order valence-electron chi connectivity index (χ4n) is 2.90. The minimum Gasteiger partial charge on any atom is -0.312 e. The maximum Gasteiger partial charge on any atom is 0.0167 e. The van der Waals surface area contributed by atoms with E-state index in [9.17, 15) is 0 Å². The zero-order valence-corrected chi connectivity index (χ0v) is 9.63. The van der Waals surface area contributed by atoms with Crippen molar-refractivity contribution in [1.29, 1.82) is 0 Å². The van der Waals surface area contributed by atoms with Crippen molar-refractivity contribution in [2.24, 2.45) is 5.92 Å². The largest absolute Gasteiger partial charge is 0.312 e. The molecule has 2 aliphatic rings. The van der Waals surface area contributed by atoms with E-state index < -0.39 is 0 Å². The molecule has 0 aromatic carbocycles. The highest BCUT2D eigenvalue weighted by Gasteiger charge is 2.26. The summed E-state index contributed by atoms with van der Waals surface area (Å²) in [6.45, 7) is 8.42. The molecule has 1 N–H and O–H groups in total. The molecule has 0 aromatic rings. The lowest BCUT2D eigenvalue weighted by atomic mass is 9.86. The summed E-state index contributed by atoms with van der Waals surface area (Å²) in [5.74, 6) is 0.978. The molecule has 1 aliphatic heterocycles. The molecule has 1 aliphatic carbocycles. The van der Waals surface area contributed by atoms with E-state index in [1.165, 1.54) is 45.3 Å². The second-order valence-electron chi connectivity index (χ2n) is 5.26. The van der Waals surface area contributed by atoms with Crippen molar-refractivity contribution < 1.29 is 0 Å². The predicted molar refractivity (Wildman–Crippen MR) is 60.5 cm³/mol. The standard InChI is InChI=1S/C12H24N2/c1-10-3-5-12(6-4-10)14-8-7-13-11(2)9-14/h10-13H,3-9H2,1-2H3/t10?,11-,12?/m0/s1. The highest BCUT2D eigenvalue weighted by Crippen LogP contribution is 2.27. The van der Waals surface area contributed by atoms with E-state index in [1.807, 2.05) is 0 Å². The first kappa shape index (κ1) is 10.4. The Morgan fingerprint density at radius 2 is 1.79 bits per heavy atom. The third-order valence-electron chi connectivity index (χ3n) is 3.90. The number of nitrogens with zero attached hydrogens (tertiary/aromatic N) is 1. The van der Waals surface area contributed by atoms with Crippen LogP contribution < -0.4 is 5.32 Å². The summed E-state index contributed by atoms with van der Waals surface area (Å²) in [6, 6.07) is 1.60. The van der Waals surface area contributed by atoms with Gasteiger partial charge in [0.05, 0.1) is 0 Å². The van der Waals surface area contributed by atoms with Crippen LogP contribution in [0.1, 0.15) is 39.5 Å². The van der Waals surface area contributed by atoms with Gasteiger partial charge in [-0.3, -0.25) is 4.90 Å². The Bertz CT molecular complexity index is 173. The molecule has 0 amide bonds. The van der Waals surface area contributed by atoms with Crippen LogP contribution in [0, 0.1) is 5.92 Å². The lowest BCUT2D eigenvalue weighted by Gasteiger charge is -2.40. The summed E-state index contributed by atoms with van der Waals surface area (Å²) in [5.41, 5.74) is 0. The van der Waals surface area contributed by atoms with E-state index >= 15 is 0 Å². The van der Waals surface area contributed by atoms with Gasteiger partial charge in [0, 0.05) is 31.7 Å². The highest BCUT2D eigenvalue weighted by atomic mass is 15.2. The van der Waals surface area contributed by atoms with Crippen LogP contribution in [0.15, 0.2) is 0 Å². The normalized spacial score (nSPS) is 41.1. The van der Waals surface area contributed by atoms with Gasteiger partial charge in [-0.15, -0.1) is 0 Å². The molecule has 2 heteroatoms. The highest BCUT2D eigenvalue weighted by molar-refractivity contribution is 4.83. The van der Waals surface area contributed by atoms with Crippen LogP contribution in [-0.4, -0.2) is 36.6 Å². The van der Waals surface area contributed by atoms with Crippen LogP contribution in [0.4, 0.5) is 0 Å². The number of rotatable bonds is 1. The molecule has 0 aromatic heterocycles. The predicted octanol–water partition coefficient (Wildman–Crippen LogP) is 1.86. The smallest absolute Gasteiger partial charge is 0.0167 e. The Morgan fingerprint density at radius 3 is 2.43 bits per heavy atom. The van der Waals surface area contributed by atoms with E-state index in [0.29, 0.717) is 6.04 Å². The minimum absolute atomic E-state index is 0.697. The van der Waals surface area contributed by atoms with Crippen molar-refractivity contribution in [3.8, 4) is 0 Å². The van der Waals surface area contributed by atoms with Gasteiger partial charge in [0.1, 0.15) is 0 Å². The summed E-state index contributed by atoms with van der Waals surface area (Å²) >= 11 is 0. The van der Waals surface area contributed by atoms with Crippen molar-refractivity contribution in [2.45, 2.75) is 51.6 Å². The first-order valence-corrected chi connectivity index (χ1v) is 6.23. The van der Waals surface area contributed by atoms with Gasteiger partial charge in [0.25, 0.3) is 0 Å². The average Bonchev–Trinajstić information content (AvgIpc) is 2.19. The van der Waals surface area contributed by atoms with E-state index in [4.69, 9.17) is 0 Å². The molecule has 0 bridgehead atoms. The lowest BCUT2D eigenvalue weighted by molar-refractivity contribution is 0.108. The Balaban J connectivity index is 1.82. The van der Waals surface area contributed by atoms with Gasteiger partial charge in [-0.2, -0.15) is 0 Å². The number of hydrogen-bond acceptors (Lipinski definition) is 2. The maximum absolute atomic E-state index is 3.52. The quantitative estimate of drug-likeness (QED) is 0.688. The molecule has 1 atom stereocenters. The number of piperazine rings is 1. The van der Waals surface area contributed by atoms with Gasteiger partial charge in [-0.25, -0.2) is 0 Å². The molecule has 82 valence electrons. The van der Waals surface area contributed by atoms with E-state index in [1.54, 1.807) is 0 Å². The third kappa shape index (κ3) is 2.48. The number of nitrogens with one attached hydrogen (secondary N) is 1. The monoisotopic (exact) mass is 196 g/mol. The first-order valence-electron chi connectivity index (χ1n) is 6.23. The molecule has 0 radical (unpaired) electrons. The van der Waals surface area contributed by atoms with Gasteiger partial charge in [-0.05, 0) is 38.5 Å². The first-order chi connectivity index (χ1) is 6.75. The third-order valence-corrected chi connectivity index (χ3v) is 3.90.